The minimum atomic E-state index is -1.06. The summed E-state index contributed by atoms with van der Waals surface area (Å²) in [5, 5.41) is 18.0. The van der Waals surface area contributed by atoms with Crippen LogP contribution in [0.25, 0.3) is 0 Å². The van der Waals surface area contributed by atoms with Crippen LogP contribution in [-0.4, -0.2) is 59.4 Å². The van der Waals surface area contributed by atoms with Crippen molar-refractivity contribution in [1.29, 1.82) is 0 Å². The van der Waals surface area contributed by atoms with Gasteiger partial charge in [-0.25, -0.2) is 0 Å². The van der Waals surface area contributed by atoms with Crippen LogP contribution in [0.1, 0.15) is 103 Å². The Morgan fingerprint density at radius 2 is 1.56 bits per heavy atom. The first-order valence-corrected chi connectivity index (χ1v) is 13.0. The number of rotatable bonds is 20. The van der Waals surface area contributed by atoms with Gasteiger partial charge in [0.15, 0.2) is 0 Å². The van der Waals surface area contributed by atoms with E-state index in [0.717, 1.165) is 12.8 Å². The minimum Gasteiger partial charge on any atom is -0.463 e. The molecule has 0 bridgehead atoms. The van der Waals surface area contributed by atoms with E-state index >= 15 is 0 Å². The normalized spacial score (nSPS) is 17.4. The van der Waals surface area contributed by atoms with Gasteiger partial charge in [-0.1, -0.05) is 76.9 Å². The maximum absolute atomic E-state index is 12.1. The van der Waals surface area contributed by atoms with Gasteiger partial charge in [0, 0.05) is 19.5 Å². The molecule has 6 nitrogen and oxygen atoms in total. The summed E-state index contributed by atoms with van der Waals surface area (Å²) in [5.41, 5.74) is 0. The third-order valence-corrected chi connectivity index (χ3v) is 6.12. The highest BCUT2D eigenvalue weighted by Gasteiger charge is 2.35. The second-order valence-electron chi connectivity index (χ2n) is 9.15. The molecule has 0 spiro atoms. The predicted octanol–water partition coefficient (Wildman–Crippen LogP) is 4.77. The zero-order chi connectivity index (χ0) is 23.4. The summed E-state index contributed by atoms with van der Waals surface area (Å²) in [5.74, 6) is -0.917. The molecule has 0 aromatic carbocycles. The minimum absolute atomic E-state index is 0.00223. The zero-order valence-electron chi connectivity index (χ0n) is 20.3. The van der Waals surface area contributed by atoms with E-state index in [0.29, 0.717) is 13.1 Å². The van der Waals surface area contributed by atoms with E-state index < -0.39 is 24.6 Å². The lowest BCUT2D eigenvalue weighted by atomic mass is 10.1. The van der Waals surface area contributed by atoms with Gasteiger partial charge in [0.1, 0.15) is 12.7 Å². The van der Waals surface area contributed by atoms with Crippen molar-refractivity contribution in [1.82, 2.24) is 4.90 Å². The van der Waals surface area contributed by atoms with Gasteiger partial charge in [0.05, 0.1) is 12.5 Å². The van der Waals surface area contributed by atoms with Crippen molar-refractivity contribution in [3.8, 4) is 0 Å². The summed E-state index contributed by atoms with van der Waals surface area (Å²) in [7, 11) is 0. The molecule has 32 heavy (non-hydrogen) atoms. The highest BCUT2D eigenvalue weighted by Crippen LogP contribution is 2.20. The highest BCUT2D eigenvalue weighted by molar-refractivity contribution is 5.86. The van der Waals surface area contributed by atoms with E-state index in [4.69, 9.17) is 9.84 Å². The van der Waals surface area contributed by atoms with Gasteiger partial charge in [0.25, 0.3) is 0 Å². The number of carbonyl (C=O) groups is 2. The number of ether oxygens (including phenoxy) is 1. The zero-order valence-corrected chi connectivity index (χ0v) is 20.3. The summed E-state index contributed by atoms with van der Waals surface area (Å²) >= 11 is 0. The fourth-order valence-corrected chi connectivity index (χ4v) is 4.05. The van der Waals surface area contributed by atoms with E-state index in [1.807, 2.05) is 0 Å². The van der Waals surface area contributed by atoms with Crippen LogP contribution in [0, 0.1) is 5.92 Å². The number of unbranched alkanes of at least 4 members (excludes halogenated alkanes) is 12. The van der Waals surface area contributed by atoms with Crippen molar-refractivity contribution in [2.24, 2.45) is 5.92 Å². The molecule has 186 valence electrons. The predicted molar refractivity (Wildman–Crippen MR) is 128 cm³/mol. The fourth-order valence-electron chi connectivity index (χ4n) is 4.05. The highest BCUT2D eigenvalue weighted by atomic mass is 16.5. The Balaban J connectivity index is 1.94. The van der Waals surface area contributed by atoms with E-state index in [1.54, 1.807) is 4.90 Å². The van der Waals surface area contributed by atoms with E-state index in [1.165, 1.54) is 77.0 Å². The van der Waals surface area contributed by atoms with E-state index in [-0.39, 0.29) is 18.9 Å². The summed E-state index contributed by atoms with van der Waals surface area (Å²) in [6.07, 6.45) is 21.4. The molecule has 2 unspecified atom stereocenters. The number of nitrogens with zero attached hydrogens (tertiary/aromatic N) is 1. The molecule has 1 saturated heterocycles. The van der Waals surface area contributed by atoms with Crippen LogP contribution in [0.4, 0.5) is 0 Å². The number of esters is 1. The Hall–Kier alpha value is -1.40. The first-order chi connectivity index (χ1) is 15.6. The summed E-state index contributed by atoms with van der Waals surface area (Å²) in [4.78, 5) is 25.8. The Bertz CT molecular complexity index is 522. The first kappa shape index (κ1) is 28.6. The summed E-state index contributed by atoms with van der Waals surface area (Å²) in [6.45, 7) is 2.68. The fraction of sp³-hybridized carbons (Fsp3) is 0.846. The molecule has 0 aromatic heterocycles. The van der Waals surface area contributed by atoms with Crippen LogP contribution in [-0.2, 0) is 14.3 Å². The molecule has 0 radical (unpaired) electrons. The second kappa shape index (κ2) is 19.1. The first-order valence-electron chi connectivity index (χ1n) is 13.0. The number of hydrogen-bond donors (Lipinski definition) is 2. The lowest BCUT2D eigenvalue weighted by molar-refractivity contribution is -0.152. The molecule has 1 heterocycles. The lowest BCUT2D eigenvalue weighted by Gasteiger charge is -2.16. The van der Waals surface area contributed by atoms with Crippen molar-refractivity contribution in [3.05, 3.63) is 12.2 Å². The number of amides is 1. The van der Waals surface area contributed by atoms with Gasteiger partial charge in [-0.05, 0) is 32.1 Å². The lowest BCUT2D eigenvalue weighted by Crippen LogP contribution is -2.29. The average Bonchev–Trinajstić information content (AvgIpc) is 3.17. The molecule has 1 aliphatic rings. The van der Waals surface area contributed by atoms with Crippen LogP contribution in [0.2, 0.25) is 0 Å². The largest absolute Gasteiger partial charge is 0.463 e. The maximum atomic E-state index is 12.1. The van der Waals surface area contributed by atoms with Gasteiger partial charge >= 0.3 is 5.97 Å². The number of aliphatic hydroxyl groups excluding tert-OH is 2. The number of likely N-dealkylation sites (tertiary alicyclic amines) is 1. The number of carbonyl (C=O) groups excluding carboxylic acids is 2. The van der Waals surface area contributed by atoms with Crippen molar-refractivity contribution in [3.63, 3.8) is 0 Å². The van der Waals surface area contributed by atoms with Gasteiger partial charge < -0.3 is 19.8 Å². The average molecular weight is 454 g/mol. The Morgan fingerprint density at radius 1 is 1.00 bits per heavy atom. The standard InChI is InChI=1S/C26H47NO5/c1-2-3-4-5-6-7-8-9-10-11-12-13-14-15-16-17-18-27-20-23(19-25(27)30)26(31)32-22-24(29)21-28/h9-10,23-24,28-29H,2-8,11-22H2,1H3. The van der Waals surface area contributed by atoms with Crippen molar-refractivity contribution in [2.75, 3.05) is 26.3 Å². The molecule has 6 heteroatoms. The Labute approximate surface area is 195 Å². The topological polar surface area (TPSA) is 87.1 Å². The Kier molecular flexibility index (Phi) is 17.1. The quantitative estimate of drug-likeness (QED) is 0.158. The van der Waals surface area contributed by atoms with Gasteiger partial charge in [-0.3, -0.25) is 9.59 Å². The van der Waals surface area contributed by atoms with Crippen LogP contribution < -0.4 is 0 Å². The van der Waals surface area contributed by atoms with Gasteiger partial charge in [-0.15, -0.1) is 0 Å². The summed E-state index contributed by atoms with van der Waals surface area (Å²) < 4.78 is 4.98. The molecule has 2 atom stereocenters. The van der Waals surface area contributed by atoms with Gasteiger partial charge in [0.2, 0.25) is 5.91 Å². The molecule has 1 rings (SSSR count). The monoisotopic (exact) mass is 453 g/mol. The van der Waals surface area contributed by atoms with Crippen LogP contribution in [0.3, 0.4) is 0 Å². The third kappa shape index (κ3) is 13.9. The number of allylic oxidation sites excluding steroid dienone is 2. The SMILES string of the molecule is CCCCCCCCC=CCCCCCCCCN1CC(C(=O)OCC(O)CO)CC1=O. The van der Waals surface area contributed by atoms with E-state index in [9.17, 15) is 14.7 Å². The van der Waals surface area contributed by atoms with Crippen LogP contribution >= 0.6 is 0 Å². The Morgan fingerprint density at radius 3 is 2.16 bits per heavy atom. The molecule has 0 aromatic rings. The van der Waals surface area contributed by atoms with Crippen molar-refractivity contribution >= 4 is 11.9 Å². The van der Waals surface area contributed by atoms with Crippen molar-refractivity contribution in [2.45, 2.75) is 109 Å². The summed E-state index contributed by atoms with van der Waals surface area (Å²) in [6, 6.07) is 0. The molecular formula is C26H47NO5. The molecule has 1 amide bonds. The smallest absolute Gasteiger partial charge is 0.311 e. The van der Waals surface area contributed by atoms with Gasteiger partial charge in [-0.2, -0.15) is 0 Å². The third-order valence-electron chi connectivity index (χ3n) is 6.12. The van der Waals surface area contributed by atoms with Crippen LogP contribution in [0.5, 0.6) is 0 Å². The number of hydrogen-bond acceptors (Lipinski definition) is 5. The second-order valence-corrected chi connectivity index (χ2v) is 9.15. The number of aliphatic hydroxyl groups is 2. The van der Waals surface area contributed by atoms with Crippen molar-refractivity contribution < 1.29 is 24.5 Å². The molecule has 2 N–H and O–H groups in total. The molecule has 1 aliphatic heterocycles. The molecule has 1 fully saturated rings. The van der Waals surface area contributed by atoms with Crippen LogP contribution in [0.15, 0.2) is 12.2 Å². The van der Waals surface area contributed by atoms with E-state index in [2.05, 4.69) is 19.1 Å². The molecule has 0 saturated carbocycles. The molecular weight excluding hydrogens is 406 g/mol. The maximum Gasteiger partial charge on any atom is 0.311 e. The molecule has 0 aliphatic carbocycles.